The maximum Gasteiger partial charge on any atom is 0.337 e. The number of hydrogen-bond donors (Lipinski definition) is 1. The smallest absolute Gasteiger partial charge is 0.337 e. The summed E-state index contributed by atoms with van der Waals surface area (Å²) in [7, 11) is 0.246. The summed E-state index contributed by atoms with van der Waals surface area (Å²) in [6, 6.07) is 6.97. The molecule has 10 heteroatoms. The van der Waals surface area contributed by atoms with Gasteiger partial charge in [0.05, 0.1) is 17.6 Å². The number of amides is 1. The number of nitrogens with one attached hydrogen (secondary N) is 1. The molecule has 1 heterocycles. The lowest BCUT2D eigenvalue weighted by Crippen LogP contribution is -2.29. The molecule has 0 atom stereocenters. The Bertz CT molecular complexity index is 1070. The number of rotatable bonds is 6. The molecule has 0 spiro atoms. The standard InChI is InChI=1S/C18H21N3O6S/c1-12-5-6-13(18(24)27-4)9-15(12)19-16(22)11-21-10-14(7-8-17(21)23)28(25,26)20(2)3/h5-10H,11H2,1-4H3,(H,19,22). The van der Waals surface area contributed by atoms with E-state index >= 15 is 0 Å². The van der Waals surface area contributed by atoms with Crippen LogP contribution < -0.4 is 10.9 Å². The topological polar surface area (TPSA) is 115 Å². The first kappa shape index (κ1) is 21.3. The second kappa shape index (κ2) is 8.36. The highest BCUT2D eigenvalue weighted by molar-refractivity contribution is 7.89. The van der Waals surface area contributed by atoms with Crippen LogP contribution in [0.1, 0.15) is 15.9 Å². The van der Waals surface area contributed by atoms with E-state index in [0.29, 0.717) is 11.3 Å². The first-order chi connectivity index (χ1) is 13.1. The summed E-state index contributed by atoms with van der Waals surface area (Å²) >= 11 is 0. The van der Waals surface area contributed by atoms with Crippen LogP contribution in [0.2, 0.25) is 0 Å². The predicted octanol–water partition coefficient (Wildman–Crippen LogP) is 0.832. The van der Waals surface area contributed by atoms with Gasteiger partial charge in [-0.1, -0.05) is 6.07 Å². The zero-order valence-electron chi connectivity index (χ0n) is 15.9. The summed E-state index contributed by atoms with van der Waals surface area (Å²) in [5.74, 6) is -1.10. The highest BCUT2D eigenvalue weighted by Gasteiger charge is 2.19. The lowest BCUT2D eigenvalue weighted by molar-refractivity contribution is -0.116. The molecule has 2 rings (SSSR count). The monoisotopic (exact) mass is 407 g/mol. The van der Waals surface area contributed by atoms with E-state index in [2.05, 4.69) is 10.1 Å². The van der Waals surface area contributed by atoms with E-state index in [1.54, 1.807) is 19.1 Å². The van der Waals surface area contributed by atoms with Crippen molar-refractivity contribution in [1.82, 2.24) is 8.87 Å². The number of nitrogens with zero attached hydrogens (tertiary/aromatic N) is 2. The molecule has 1 aromatic carbocycles. The number of anilines is 1. The van der Waals surface area contributed by atoms with Gasteiger partial charge in [-0.15, -0.1) is 0 Å². The Morgan fingerprint density at radius 1 is 1.18 bits per heavy atom. The van der Waals surface area contributed by atoms with Gasteiger partial charge in [0.25, 0.3) is 5.56 Å². The van der Waals surface area contributed by atoms with E-state index in [4.69, 9.17) is 0 Å². The number of carbonyl (C=O) groups excluding carboxylic acids is 2. The van der Waals surface area contributed by atoms with Gasteiger partial charge >= 0.3 is 5.97 Å². The third kappa shape index (κ3) is 4.65. The number of ether oxygens (including phenoxy) is 1. The van der Waals surface area contributed by atoms with Gasteiger partial charge in [0.2, 0.25) is 15.9 Å². The maximum absolute atomic E-state index is 12.4. The van der Waals surface area contributed by atoms with Gasteiger partial charge in [0.1, 0.15) is 6.54 Å². The molecule has 0 bridgehead atoms. The molecule has 0 aliphatic carbocycles. The molecule has 0 saturated carbocycles. The third-order valence-electron chi connectivity index (χ3n) is 3.98. The van der Waals surface area contributed by atoms with Gasteiger partial charge in [-0.2, -0.15) is 0 Å². The minimum atomic E-state index is -3.75. The molecule has 9 nitrogen and oxygen atoms in total. The average molecular weight is 407 g/mol. The van der Waals surface area contributed by atoms with Crippen molar-refractivity contribution < 1.29 is 22.7 Å². The summed E-state index contributed by atoms with van der Waals surface area (Å²) in [4.78, 5) is 35.9. The molecule has 1 aromatic heterocycles. The molecule has 0 aliphatic rings. The molecule has 28 heavy (non-hydrogen) atoms. The SMILES string of the molecule is COC(=O)c1ccc(C)c(NC(=O)Cn2cc(S(=O)(=O)N(C)C)ccc2=O)c1. The first-order valence-corrected chi connectivity index (χ1v) is 9.62. The molecule has 1 N–H and O–H groups in total. The Hall–Kier alpha value is -2.98. The molecule has 2 aromatic rings. The summed E-state index contributed by atoms with van der Waals surface area (Å²) in [6.07, 6.45) is 1.12. The molecule has 0 aliphatic heterocycles. The molecule has 0 saturated heterocycles. The second-order valence-electron chi connectivity index (χ2n) is 6.19. The number of esters is 1. The number of hydrogen-bond acceptors (Lipinski definition) is 6. The summed E-state index contributed by atoms with van der Waals surface area (Å²) in [5, 5.41) is 2.62. The van der Waals surface area contributed by atoms with E-state index in [-0.39, 0.29) is 10.5 Å². The van der Waals surface area contributed by atoms with Crippen LogP contribution in [0.4, 0.5) is 5.69 Å². The number of benzene rings is 1. The van der Waals surface area contributed by atoms with Gasteiger partial charge in [0.15, 0.2) is 0 Å². The van der Waals surface area contributed by atoms with Crippen molar-refractivity contribution in [2.75, 3.05) is 26.5 Å². The van der Waals surface area contributed by atoms with Crippen molar-refractivity contribution >= 4 is 27.6 Å². The quantitative estimate of drug-likeness (QED) is 0.710. The van der Waals surface area contributed by atoms with E-state index in [9.17, 15) is 22.8 Å². The van der Waals surface area contributed by atoms with Crippen LogP contribution in [0.3, 0.4) is 0 Å². The van der Waals surface area contributed by atoms with Crippen molar-refractivity contribution in [3.63, 3.8) is 0 Å². The maximum atomic E-state index is 12.4. The molecule has 0 unspecified atom stereocenters. The fourth-order valence-corrected chi connectivity index (χ4v) is 3.26. The Morgan fingerprint density at radius 2 is 1.86 bits per heavy atom. The fourth-order valence-electron chi connectivity index (χ4n) is 2.34. The minimum Gasteiger partial charge on any atom is -0.465 e. The molecule has 150 valence electrons. The Morgan fingerprint density at radius 3 is 2.46 bits per heavy atom. The van der Waals surface area contributed by atoms with Crippen LogP contribution in [0, 0.1) is 6.92 Å². The Balaban J connectivity index is 2.27. The number of carbonyl (C=O) groups is 2. The van der Waals surface area contributed by atoms with E-state index < -0.39 is 34.0 Å². The van der Waals surface area contributed by atoms with Gasteiger partial charge in [-0.3, -0.25) is 9.59 Å². The van der Waals surface area contributed by atoms with Crippen LogP contribution in [0.15, 0.2) is 46.2 Å². The highest BCUT2D eigenvalue weighted by atomic mass is 32.2. The van der Waals surface area contributed by atoms with Crippen LogP contribution in [-0.2, 0) is 26.1 Å². The summed E-state index contributed by atoms with van der Waals surface area (Å²) < 4.78 is 31.1. The van der Waals surface area contributed by atoms with Gasteiger partial charge in [0, 0.05) is 32.0 Å². The molecule has 0 fully saturated rings. The van der Waals surface area contributed by atoms with E-state index in [1.165, 1.54) is 33.3 Å². The first-order valence-electron chi connectivity index (χ1n) is 8.18. The molecular formula is C18H21N3O6S. The minimum absolute atomic E-state index is 0.103. The lowest BCUT2D eigenvalue weighted by Gasteiger charge is -2.14. The van der Waals surface area contributed by atoms with Crippen LogP contribution in [-0.4, -0.2) is 50.4 Å². The number of aromatic nitrogens is 1. The number of pyridine rings is 1. The van der Waals surface area contributed by atoms with Crippen molar-refractivity contribution in [3.8, 4) is 0 Å². The fraction of sp³-hybridized carbons (Fsp3) is 0.278. The molecule has 1 amide bonds. The summed E-state index contributed by atoms with van der Waals surface area (Å²) in [5.41, 5.74) is 0.836. The van der Waals surface area contributed by atoms with Gasteiger partial charge in [-0.25, -0.2) is 17.5 Å². The highest BCUT2D eigenvalue weighted by Crippen LogP contribution is 2.18. The Labute approximate surface area is 162 Å². The van der Waals surface area contributed by atoms with Crippen molar-refractivity contribution in [2.45, 2.75) is 18.4 Å². The lowest BCUT2D eigenvalue weighted by atomic mass is 10.1. The van der Waals surface area contributed by atoms with Crippen molar-refractivity contribution in [3.05, 3.63) is 58.0 Å². The average Bonchev–Trinajstić information content (AvgIpc) is 2.64. The van der Waals surface area contributed by atoms with Crippen LogP contribution in [0.5, 0.6) is 0 Å². The van der Waals surface area contributed by atoms with E-state index in [1.807, 2.05) is 0 Å². The predicted molar refractivity (Wildman–Crippen MR) is 103 cm³/mol. The third-order valence-corrected chi connectivity index (χ3v) is 5.78. The zero-order chi connectivity index (χ0) is 21.1. The van der Waals surface area contributed by atoms with Crippen LogP contribution in [0.25, 0.3) is 0 Å². The normalized spacial score (nSPS) is 11.3. The van der Waals surface area contributed by atoms with Crippen molar-refractivity contribution in [1.29, 1.82) is 0 Å². The van der Waals surface area contributed by atoms with Crippen LogP contribution >= 0.6 is 0 Å². The molecular weight excluding hydrogens is 386 g/mol. The largest absolute Gasteiger partial charge is 0.465 e. The Kier molecular flexibility index (Phi) is 6.37. The zero-order valence-corrected chi connectivity index (χ0v) is 16.7. The number of sulfonamides is 1. The van der Waals surface area contributed by atoms with E-state index in [0.717, 1.165) is 21.1 Å². The van der Waals surface area contributed by atoms with Gasteiger partial charge < -0.3 is 14.6 Å². The number of aryl methyl sites for hydroxylation is 1. The number of methoxy groups -OCH3 is 1. The molecule has 0 radical (unpaired) electrons. The second-order valence-corrected chi connectivity index (χ2v) is 8.34. The van der Waals surface area contributed by atoms with Gasteiger partial charge in [-0.05, 0) is 30.7 Å². The van der Waals surface area contributed by atoms with Crippen molar-refractivity contribution in [2.24, 2.45) is 0 Å². The summed E-state index contributed by atoms with van der Waals surface area (Å²) in [6.45, 7) is 1.35.